The molecule has 4 aromatic rings. The maximum absolute atomic E-state index is 13.0. The number of nitrogens with one attached hydrogen (secondary N) is 2. The van der Waals surface area contributed by atoms with E-state index >= 15 is 0 Å². The van der Waals surface area contributed by atoms with Gasteiger partial charge in [-0.1, -0.05) is 18.2 Å². The first-order valence-electron chi connectivity index (χ1n) is 10.6. The van der Waals surface area contributed by atoms with Gasteiger partial charge in [0.05, 0.1) is 29.2 Å². The number of ether oxygens (including phenoxy) is 1. The molecule has 0 aliphatic rings. The van der Waals surface area contributed by atoms with Crippen LogP contribution in [0.2, 0.25) is 0 Å². The number of hydrogen-bond donors (Lipinski definition) is 3. The maximum Gasteiger partial charge on any atom is 0.417 e. The highest BCUT2D eigenvalue weighted by molar-refractivity contribution is 5.99. The lowest BCUT2D eigenvalue weighted by Gasteiger charge is -2.11. The molecule has 2 aromatic carbocycles. The standard InChI is InChI=1S/C24H16F6N6O2/c25-23(26,27)14-2-1-3-16(8-14)35-21(37)36-17-11-33-22(34-12-17)38-18-6-4-13(5-7-18)19-9-15(24(28,29)30)10-32-20(19)31/h1-12H,(H2,31,32)(H2,35,36,37). The summed E-state index contributed by atoms with van der Waals surface area (Å²) in [6.45, 7) is 0. The van der Waals surface area contributed by atoms with E-state index in [0.717, 1.165) is 24.3 Å². The van der Waals surface area contributed by atoms with Crippen LogP contribution in [0.25, 0.3) is 11.1 Å². The van der Waals surface area contributed by atoms with Crippen molar-refractivity contribution in [2.45, 2.75) is 12.4 Å². The number of urea groups is 1. The van der Waals surface area contributed by atoms with Gasteiger partial charge in [0, 0.05) is 17.4 Å². The van der Waals surface area contributed by atoms with Gasteiger partial charge in [0.2, 0.25) is 0 Å². The molecular weight excluding hydrogens is 518 g/mol. The maximum atomic E-state index is 13.0. The van der Waals surface area contributed by atoms with Gasteiger partial charge in [0.15, 0.2) is 0 Å². The summed E-state index contributed by atoms with van der Waals surface area (Å²) >= 11 is 0. The third-order valence-electron chi connectivity index (χ3n) is 4.95. The topological polar surface area (TPSA) is 115 Å². The molecule has 0 radical (unpaired) electrons. The van der Waals surface area contributed by atoms with Crippen LogP contribution in [0.15, 0.2) is 73.2 Å². The van der Waals surface area contributed by atoms with Crippen LogP contribution in [-0.2, 0) is 12.4 Å². The van der Waals surface area contributed by atoms with Gasteiger partial charge in [0.25, 0.3) is 0 Å². The largest absolute Gasteiger partial charge is 0.424 e. The predicted octanol–water partition coefficient (Wildman–Crippen LogP) is 6.59. The van der Waals surface area contributed by atoms with Crippen molar-refractivity contribution in [2.24, 2.45) is 0 Å². The summed E-state index contributed by atoms with van der Waals surface area (Å²) in [6, 6.07) is 9.99. The van der Waals surface area contributed by atoms with Gasteiger partial charge >= 0.3 is 24.4 Å². The highest BCUT2D eigenvalue weighted by Crippen LogP contribution is 2.35. The minimum absolute atomic E-state index is 0.0655. The van der Waals surface area contributed by atoms with Gasteiger partial charge in [-0.25, -0.2) is 19.7 Å². The second-order valence-electron chi connectivity index (χ2n) is 7.69. The normalized spacial score (nSPS) is 11.6. The quantitative estimate of drug-likeness (QED) is 0.249. The number of nitrogens with two attached hydrogens (primary N) is 1. The Hall–Kier alpha value is -4.88. The Morgan fingerprint density at radius 1 is 0.763 bits per heavy atom. The summed E-state index contributed by atoms with van der Waals surface area (Å²) in [6.07, 6.45) is -6.06. The summed E-state index contributed by atoms with van der Waals surface area (Å²) < 4.78 is 82.9. The van der Waals surface area contributed by atoms with Crippen molar-refractivity contribution in [2.75, 3.05) is 16.4 Å². The first-order chi connectivity index (χ1) is 17.9. The number of benzene rings is 2. The number of nitrogens with zero attached hydrogens (tertiary/aromatic N) is 3. The van der Waals surface area contributed by atoms with Gasteiger partial charge in [-0.3, -0.25) is 0 Å². The van der Waals surface area contributed by atoms with E-state index in [2.05, 4.69) is 25.6 Å². The number of carbonyl (C=O) groups excluding carboxylic acids is 1. The molecule has 0 saturated heterocycles. The van der Waals surface area contributed by atoms with Crippen LogP contribution in [-0.4, -0.2) is 21.0 Å². The second-order valence-corrected chi connectivity index (χ2v) is 7.69. The summed E-state index contributed by atoms with van der Waals surface area (Å²) in [5.41, 5.74) is 4.42. The number of amides is 2. The molecule has 0 aliphatic carbocycles. The third kappa shape index (κ3) is 6.46. The Balaban J connectivity index is 1.38. The number of halogens is 6. The number of nitrogen functional groups attached to an aromatic ring is 1. The SMILES string of the molecule is Nc1ncc(C(F)(F)F)cc1-c1ccc(Oc2ncc(NC(=O)Nc3cccc(C(F)(F)F)c3)cn2)cc1. The van der Waals surface area contributed by atoms with Crippen LogP contribution in [0.3, 0.4) is 0 Å². The van der Waals surface area contributed by atoms with Gasteiger partial charge in [-0.15, -0.1) is 0 Å². The molecule has 0 bridgehead atoms. The summed E-state index contributed by atoms with van der Waals surface area (Å²) in [7, 11) is 0. The fourth-order valence-corrected chi connectivity index (χ4v) is 3.17. The van der Waals surface area contributed by atoms with E-state index in [-0.39, 0.29) is 34.5 Å². The number of carbonyl (C=O) groups is 1. The zero-order valence-corrected chi connectivity index (χ0v) is 18.9. The molecule has 4 N–H and O–H groups in total. The van der Waals surface area contributed by atoms with Crippen molar-refractivity contribution in [1.29, 1.82) is 0 Å². The fraction of sp³-hybridized carbons (Fsp3) is 0.0833. The molecule has 14 heteroatoms. The summed E-state index contributed by atoms with van der Waals surface area (Å²) in [5, 5.41) is 4.66. The van der Waals surface area contributed by atoms with Crippen LogP contribution in [0, 0.1) is 0 Å². The average Bonchev–Trinajstić information content (AvgIpc) is 2.85. The molecule has 2 amide bonds. The number of anilines is 3. The minimum atomic E-state index is -4.57. The Morgan fingerprint density at radius 3 is 2.03 bits per heavy atom. The third-order valence-corrected chi connectivity index (χ3v) is 4.95. The van der Waals surface area contributed by atoms with Crippen molar-refractivity contribution in [1.82, 2.24) is 15.0 Å². The van der Waals surface area contributed by atoms with Crippen LogP contribution in [0.5, 0.6) is 11.8 Å². The van der Waals surface area contributed by atoms with E-state index in [1.54, 1.807) is 0 Å². The van der Waals surface area contributed by atoms with Crippen molar-refractivity contribution >= 4 is 23.2 Å². The van der Waals surface area contributed by atoms with E-state index in [9.17, 15) is 31.1 Å². The summed E-state index contributed by atoms with van der Waals surface area (Å²) in [4.78, 5) is 23.6. The lowest BCUT2D eigenvalue weighted by Crippen LogP contribution is -2.20. The van der Waals surface area contributed by atoms with Crippen LogP contribution < -0.4 is 21.1 Å². The van der Waals surface area contributed by atoms with Gasteiger partial charge in [-0.05, 0) is 42.0 Å². The molecule has 8 nitrogen and oxygen atoms in total. The average molecular weight is 534 g/mol. The Kier molecular flexibility index (Phi) is 7.06. The highest BCUT2D eigenvalue weighted by atomic mass is 19.4. The van der Waals surface area contributed by atoms with Crippen molar-refractivity contribution in [3.63, 3.8) is 0 Å². The van der Waals surface area contributed by atoms with Gasteiger partial charge in [0.1, 0.15) is 11.6 Å². The number of hydrogen-bond acceptors (Lipinski definition) is 6. The van der Waals surface area contributed by atoms with E-state index in [4.69, 9.17) is 10.5 Å². The zero-order valence-electron chi connectivity index (χ0n) is 18.9. The number of rotatable bonds is 5. The Bertz CT molecular complexity index is 1440. The second kappa shape index (κ2) is 10.2. The van der Waals surface area contributed by atoms with Gasteiger partial charge < -0.3 is 21.1 Å². The van der Waals surface area contributed by atoms with Crippen LogP contribution in [0.1, 0.15) is 11.1 Å². The fourth-order valence-electron chi connectivity index (χ4n) is 3.17. The first-order valence-corrected chi connectivity index (χ1v) is 10.6. The van der Waals surface area contributed by atoms with Crippen molar-refractivity contribution in [3.05, 3.63) is 84.3 Å². The smallest absolute Gasteiger partial charge is 0.417 e. The lowest BCUT2D eigenvalue weighted by atomic mass is 10.0. The number of aromatic nitrogens is 3. The molecule has 0 saturated carbocycles. The van der Waals surface area contributed by atoms with Crippen molar-refractivity contribution in [3.8, 4) is 22.9 Å². The molecule has 0 fully saturated rings. The number of alkyl halides is 6. The van der Waals surface area contributed by atoms with Crippen LogP contribution >= 0.6 is 0 Å². The molecule has 0 unspecified atom stereocenters. The van der Waals surface area contributed by atoms with E-state index in [1.807, 2.05) is 0 Å². The molecule has 196 valence electrons. The molecule has 2 heterocycles. The molecular formula is C24H16F6N6O2. The zero-order chi connectivity index (χ0) is 27.5. The van der Waals surface area contributed by atoms with Gasteiger partial charge in [-0.2, -0.15) is 26.3 Å². The Morgan fingerprint density at radius 2 is 1.39 bits per heavy atom. The monoisotopic (exact) mass is 534 g/mol. The van der Waals surface area contributed by atoms with E-state index < -0.39 is 29.5 Å². The highest BCUT2D eigenvalue weighted by Gasteiger charge is 2.32. The molecule has 4 rings (SSSR count). The summed E-state index contributed by atoms with van der Waals surface area (Å²) in [5.74, 6) is 0.186. The Labute approximate surface area is 210 Å². The van der Waals surface area contributed by atoms with E-state index in [1.165, 1.54) is 42.7 Å². The lowest BCUT2D eigenvalue weighted by molar-refractivity contribution is -0.138. The number of pyridine rings is 1. The minimum Gasteiger partial charge on any atom is -0.424 e. The molecule has 0 spiro atoms. The van der Waals surface area contributed by atoms with Crippen molar-refractivity contribution < 1.29 is 35.9 Å². The van der Waals surface area contributed by atoms with Crippen LogP contribution in [0.4, 0.5) is 48.3 Å². The molecule has 0 aliphatic heterocycles. The first kappa shape index (κ1) is 26.2. The molecule has 2 aromatic heterocycles. The molecule has 38 heavy (non-hydrogen) atoms. The predicted molar refractivity (Wildman–Crippen MR) is 125 cm³/mol. The van der Waals surface area contributed by atoms with E-state index in [0.29, 0.717) is 11.8 Å². The molecule has 0 atom stereocenters.